The molecule has 1 heterocycles. The Morgan fingerprint density at radius 3 is 2.71 bits per heavy atom. The van der Waals surface area contributed by atoms with Crippen LogP contribution >= 0.6 is 0 Å². The molecule has 1 aromatic carbocycles. The highest BCUT2D eigenvalue weighted by Crippen LogP contribution is 2.10. The third-order valence-corrected chi connectivity index (χ3v) is 2.36. The first-order valence-electron chi connectivity index (χ1n) is 4.90. The van der Waals surface area contributed by atoms with E-state index < -0.39 is 17.1 Å². The summed E-state index contributed by atoms with van der Waals surface area (Å²) in [7, 11) is 0. The lowest BCUT2D eigenvalue weighted by Crippen LogP contribution is -2.31. The number of hydrogen-bond acceptors (Lipinski definition) is 3. The van der Waals surface area contributed by atoms with E-state index in [-0.39, 0.29) is 6.54 Å². The number of nitrogen functional groups attached to an aromatic ring is 1. The molecular weight excluding hydrogens is 225 g/mol. The molecule has 0 saturated carbocycles. The Morgan fingerprint density at radius 1 is 1.29 bits per heavy atom. The van der Waals surface area contributed by atoms with Gasteiger partial charge < -0.3 is 5.73 Å². The fourth-order valence-corrected chi connectivity index (χ4v) is 1.46. The number of aromatic amines is 1. The van der Waals surface area contributed by atoms with E-state index in [0.29, 0.717) is 11.3 Å². The minimum Gasteiger partial charge on any atom is -0.398 e. The zero-order valence-corrected chi connectivity index (χ0v) is 8.81. The number of nitrogens with zero attached hydrogens (tertiary/aromatic N) is 1. The van der Waals surface area contributed by atoms with E-state index in [2.05, 4.69) is 0 Å². The van der Waals surface area contributed by atoms with Crippen LogP contribution in [0.4, 0.5) is 10.1 Å². The molecule has 0 aliphatic heterocycles. The zero-order chi connectivity index (χ0) is 12.4. The van der Waals surface area contributed by atoms with E-state index in [9.17, 15) is 14.0 Å². The Labute approximate surface area is 95.3 Å². The lowest BCUT2D eigenvalue weighted by molar-refractivity contribution is 0.566. The molecule has 0 unspecified atom stereocenters. The quantitative estimate of drug-likeness (QED) is 0.735. The zero-order valence-electron chi connectivity index (χ0n) is 8.81. The van der Waals surface area contributed by atoms with Crippen LogP contribution in [0.25, 0.3) is 0 Å². The molecule has 2 aromatic rings. The maximum absolute atomic E-state index is 13.0. The van der Waals surface area contributed by atoms with Crippen LogP contribution < -0.4 is 17.0 Å². The third-order valence-electron chi connectivity index (χ3n) is 2.36. The molecule has 17 heavy (non-hydrogen) atoms. The SMILES string of the molecule is Nc1ccccc1Cn1cc(F)c(=O)[nH]c1=O. The second-order valence-corrected chi connectivity index (χ2v) is 3.56. The first-order valence-corrected chi connectivity index (χ1v) is 4.90. The van der Waals surface area contributed by atoms with E-state index in [0.717, 1.165) is 10.8 Å². The van der Waals surface area contributed by atoms with E-state index in [4.69, 9.17) is 5.73 Å². The summed E-state index contributed by atoms with van der Waals surface area (Å²) < 4.78 is 14.1. The van der Waals surface area contributed by atoms with Crippen molar-refractivity contribution in [1.29, 1.82) is 0 Å². The van der Waals surface area contributed by atoms with E-state index in [1.807, 2.05) is 4.98 Å². The molecular formula is C11H10FN3O2. The Balaban J connectivity index is 2.44. The summed E-state index contributed by atoms with van der Waals surface area (Å²) in [5.74, 6) is -1.00. The molecule has 0 amide bonds. The standard InChI is InChI=1S/C11H10FN3O2/c12-8-6-15(11(17)14-10(8)16)5-7-3-1-2-4-9(7)13/h1-4,6H,5,13H2,(H,14,16,17). The highest BCUT2D eigenvalue weighted by atomic mass is 19.1. The lowest BCUT2D eigenvalue weighted by Gasteiger charge is -2.07. The van der Waals surface area contributed by atoms with Gasteiger partial charge in [0.15, 0.2) is 0 Å². The molecule has 1 aromatic heterocycles. The largest absolute Gasteiger partial charge is 0.398 e. The second kappa shape index (κ2) is 4.25. The van der Waals surface area contributed by atoms with Gasteiger partial charge in [-0.3, -0.25) is 14.3 Å². The van der Waals surface area contributed by atoms with Crippen molar-refractivity contribution in [3.05, 3.63) is 62.7 Å². The van der Waals surface area contributed by atoms with Crippen molar-refractivity contribution in [2.75, 3.05) is 5.73 Å². The summed E-state index contributed by atoms with van der Waals surface area (Å²) in [5.41, 5.74) is 5.20. The van der Waals surface area contributed by atoms with Crippen molar-refractivity contribution in [2.24, 2.45) is 0 Å². The number of rotatable bonds is 2. The average molecular weight is 235 g/mol. The number of nitrogens with one attached hydrogen (secondary N) is 1. The van der Waals surface area contributed by atoms with Crippen LogP contribution in [0.5, 0.6) is 0 Å². The number of H-pyrrole nitrogens is 1. The molecule has 0 atom stereocenters. The number of benzene rings is 1. The maximum atomic E-state index is 13.0. The Bertz CT molecular complexity index is 660. The normalized spacial score (nSPS) is 10.4. The van der Waals surface area contributed by atoms with Gasteiger partial charge in [0.05, 0.1) is 12.7 Å². The van der Waals surface area contributed by atoms with Gasteiger partial charge in [-0.1, -0.05) is 18.2 Å². The van der Waals surface area contributed by atoms with E-state index in [1.54, 1.807) is 24.3 Å². The van der Waals surface area contributed by atoms with Gasteiger partial charge in [0.2, 0.25) is 5.82 Å². The first-order chi connectivity index (χ1) is 8.08. The van der Waals surface area contributed by atoms with Crippen molar-refractivity contribution in [3.63, 3.8) is 0 Å². The minimum atomic E-state index is -1.02. The van der Waals surface area contributed by atoms with Crippen LogP contribution in [0.1, 0.15) is 5.56 Å². The van der Waals surface area contributed by atoms with Crippen LogP contribution in [-0.4, -0.2) is 9.55 Å². The second-order valence-electron chi connectivity index (χ2n) is 3.56. The van der Waals surface area contributed by atoms with Gasteiger partial charge in [0.25, 0.3) is 5.56 Å². The predicted molar refractivity (Wildman–Crippen MR) is 61.2 cm³/mol. The van der Waals surface area contributed by atoms with Crippen LogP contribution in [0.3, 0.4) is 0 Å². The molecule has 3 N–H and O–H groups in total. The number of anilines is 1. The van der Waals surface area contributed by atoms with Gasteiger partial charge in [0, 0.05) is 5.69 Å². The van der Waals surface area contributed by atoms with Gasteiger partial charge in [-0.05, 0) is 11.6 Å². The van der Waals surface area contributed by atoms with Crippen LogP contribution in [0.15, 0.2) is 40.1 Å². The number of halogens is 1. The fraction of sp³-hybridized carbons (Fsp3) is 0.0909. The minimum absolute atomic E-state index is 0.110. The molecule has 5 nitrogen and oxygen atoms in total. The summed E-state index contributed by atoms with van der Waals surface area (Å²) in [6.45, 7) is 0.110. The average Bonchev–Trinajstić information content (AvgIpc) is 2.29. The first kappa shape index (κ1) is 11.1. The van der Waals surface area contributed by atoms with Gasteiger partial charge in [-0.25, -0.2) is 4.79 Å². The third kappa shape index (κ3) is 2.25. The molecule has 0 aliphatic rings. The van der Waals surface area contributed by atoms with Crippen molar-refractivity contribution >= 4 is 5.69 Å². The fourth-order valence-electron chi connectivity index (χ4n) is 1.46. The summed E-state index contributed by atoms with van der Waals surface area (Å²) in [5, 5.41) is 0. The van der Waals surface area contributed by atoms with Gasteiger partial charge in [-0.2, -0.15) is 4.39 Å². The molecule has 2 rings (SSSR count). The van der Waals surface area contributed by atoms with Crippen LogP contribution in [-0.2, 0) is 6.54 Å². The smallest absolute Gasteiger partial charge is 0.328 e. The molecule has 0 saturated heterocycles. The summed E-state index contributed by atoms with van der Waals surface area (Å²) in [4.78, 5) is 24.1. The summed E-state index contributed by atoms with van der Waals surface area (Å²) in [6, 6.07) is 6.93. The number of para-hydroxylation sites is 1. The molecule has 0 fully saturated rings. The summed E-state index contributed by atoms with van der Waals surface area (Å²) >= 11 is 0. The Morgan fingerprint density at radius 2 is 2.00 bits per heavy atom. The molecule has 0 aliphatic carbocycles. The summed E-state index contributed by atoms with van der Waals surface area (Å²) in [6.07, 6.45) is 0.869. The molecule has 6 heteroatoms. The molecule has 88 valence electrons. The lowest BCUT2D eigenvalue weighted by atomic mass is 10.2. The maximum Gasteiger partial charge on any atom is 0.328 e. The van der Waals surface area contributed by atoms with Crippen LogP contribution in [0, 0.1) is 5.82 Å². The highest BCUT2D eigenvalue weighted by Gasteiger charge is 2.05. The van der Waals surface area contributed by atoms with Crippen molar-refractivity contribution in [1.82, 2.24) is 9.55 Å². The monoisotopic (exact) mass is 235 g/mol. The van der Waals surface area contributed by atoms with Crippen molar-refractivity contribution < 1.29 is 4.39 Å². The Hall–Kier alpha value is -2.37. The van der Waals surface area contributed by atoms with Gasteiger partial charge >= 0.3 is 5.69 Å². The van der Waals surface area contributed by atoms with E-state index >= 15 is 0 Å². The molecule has 0 bridgehead atoms. The van der Waals surface area contributed by atoms with Crippen molar-refractivity contribution in [2.45, 2.75) is 6.54 Å². The van der Waals surface area contributed by atoms with Gasteiger partial charge in [-0.15, -0.1) is 0 Å². The Kier molecular flexibility index (Phi) is 2.78. The predicted octanol–water partition coefficient (Wildman–Crippen LogP) is 0.306. The number of hydrogen-bond donors (Lipinski definition) is 2. The topological polar surface area (TPSA) is 80.9 Å². The van der Waals surface area contributed by atoms with Crippen LogP contribution in [0.2, 0.25) is 0 Å². The molecule has 0 radical (unpaired) electrons. The highest BCUT2D eigenvalue weighted by molar-refractivity contribution is 5.46. The van der Waals surface area contributed by atoms with E-state index in [1.165, 1.54) is 0 Å². The number of nitrogens with two attached hydrogens (primary N) is 1. The number of aromatic nitrogens is 2. The molecule has 0 spiro atoms. The van der Waals surface area contributed by atoms with Gasteiger partial charge in [0.1, 0.15) is 0 Å². The van der Waals surface area contributed by atoms with Crippen molar-refractivity contribution in [3.8, 4) is 0 Å².